The molecule has 0 radical (unpaired) electrons. The highest BCUT2D eigenvalue weighted by Crippen LogP contribution is 2.19. The van der Waals surface area contributed by atoms with Gasteiger partial charge in [-0.25, -0.2) is 5.84 Å². The van der Waals surface area contributed by atoms with Crippen molar-refractivity contribution in [2.75, 3.05) is 5.75 Å². The summed E-state index contributed by atoms with van der Waals surface area (Å²) in [5.74, 6) is 5.70. The number of nitrogens with one attached hydrogen (secondary N) is 1. The molecule has 3 atom stereocenters. The van der Waals surface area contributed by atoms with Gasteiger partial charge in [-0.05, 0) is 6.92 Å². The molecule has 0 bridgehead atoms. The summed E-state index contributed by atoms with van der Waals surface area (Å²) < 4.78 is 0. The Morgan fingerprint density at radius 2 is 2.00 bits per heavy atom. The molecule has 0 aliphatic carbocycles. The van der Waals surface area contributed by atoms with Gasteiger partial charge in [-0.15, -0.1) is 0 Å². The molecule has 5 heteroatoms. The minimum absolute atomic E-state index is 0.0752. The maximum atomic E-state index is 11.1. The van der Waals surface area contributed by atoms with Crippen molar-refractivity contribution in [1.82, 2.24) is 5.43 Å². The first-order chi connectivity index (χ1) is 5.99. The van der Waals surface area contributed by atoms with Gasteiger partial charge in [0.1, 0.15) is 0 Å². The van der Waals surface area contributed by atoms with E-state index in [-0.39, 0.29) is 23.1 Å². The van der Waals surface area contributed by atoms with Crippen molar-refractivity contribution >= 4 is 17.7 Å². The molecule has 0 aliphatic rings. The summed E-state index contributed by atoms with van der Waals surface area (Å²) in [4.78, 5) is 11.1. The number of hydrogen-bond acceptors (Lipinski definition) is 4. The minimum Gasteiger partial charge on any atom is -0.327 e. The van der Waals surface area contributed by atoms with E-state index in [1.165, 1.54) is 0 Å². The SMILES string of the molecule is CC(N)CSC(C)C(C)C(=O)NN. The zero-order valence-electron chi connectivity index (χ0n) is 8.41. The van der Waals surface area contributed by atoms with Crippen LogP contribution in [-0.2, 0) is 4.79 Å². The number of nitrogens with two attached hydrogens (primary N) is 2. The number of hydrogen-bond donors (Lipinski definition) is 3. The average molecular weight is 205 g/mol. The maximum absolute atomic E-state index is 11.1. The van der Waals surface area contributed by atoms with Crippen LogP contribution < -0.4 is 17.0 Å². The number of carbonyl (C=O) groups is 1. The number of thioether (sulfide) groups is 1. The molecule has 0 aromatic heterocycles. The van der Waals surface area contributed by atoms with E-state index in [4.69, 9.17) is 11.6 Å². The van der Waals surface area contributed by atoms with Crippen LogP contribution in [0.2, 0.25) is 0 Å². The summed E-state index contributed by atoms with van der Waals surface area (Å²) >= 11 is 1.69. The lowest BCUT2D eigenvalue weighted by atomic mass is 10.1. The van der Waals surface area contributed by atoms with Crippen LogP contribution in [0.15, 0.2) is 0 Å². The lowest BCUT2D eigenvalue weighted by molar-refractivity contribution is -0.124. The Morgan fingerprint density at radius 3 is 2.38 bits per heavy atom. The molecule has 78 valence electrons. The van der Waals surface area contributed by atoms with Crippen molar-refractivity contribution < 1.29 is 4.79 Å². The second kappa shape index (κ2) is 6.23. The Kier molecular flexibility index (Phi) is 6.11. The highest BCUT2D eigenvalue weighted by atomic mass is 32.2. The van der Waals surface area contributed by atoms with E-state index in [0.717, 1.165) is 5.75 Å². The molecule has 0 fully saturated rings. The molecule has 0 saturated carbocycles. The van der Waals surface area contributed by atoms with Gasteiger partial charge < -0.3 is 5.73 Å². The van der Waals surface area contributed by atoms with Gasteiger partial charge in [-0.2, -0.15) is 11.8 Å². The van der Waals surface area contributed by atoms with E-state index >= 15 is 0 Å². The molecule has 13 heavy (non-hydrogen) atoms. The summed E-state index contributed by atoms with van der Waals surface area (Å²) in [6.07, 6.45) is 0. The van der Waals surface area contributed by atoms with E-state index in [9.17, 15) is 4.79 Å². The van der Waals surface area contributed by atoms with Gasteiger partial charge in [0.05, 0.1) is 0 Å². The second-order valence-corrected chi connectivity index (χ2v) is 4.72. The van der Waals surface area contributed by atoms with Crippen molar-refractivity contribution in [3.63, 3.8) is 0 Å². The predicted octanol–water partition coefficient (Wildman–Crippen LogP) is 0.0813. The van der Waals surface area contributed by atoms with Crippen molar-refractivity contribution in [1.29, 1.82) is 0 Å². The fourth-order valence-electron chi connectivity index (χ4n) is 0.793. The number of hydrazine groups is 1. The third kappa shape index (κ3) is 5.13. The highest BCUT2D eigenvalue weighted by molar-refractivity contribution is 7.99. The Balaban J connectivity index is 3.82. The zero-order chi connectivity index (χ0) is 10.4. The number of carbonyl (C=O) groups excluding carboxylic acids is 1. The Labute approximate surface area is 83.8 Å². The first-order valence-corrected chi connectivity index (χ1v) is 5.41. The lowest BCUT2D eigenvalue weighted by Gasteiger charge is -2.18. The average Bonchev–Trinajstić information content (AvgIpc) is 2.11. The van der Waals surface area contributed by atoms with E-state index in [0.29, 0.717) is 0 Å². The molecule has 1 amide bonds. The van der Waals surface area contributed by atoms with Crippen molar-refractivity contribution in [2.45, 2.75) is 32.1 Å². The molecule has 0 spiro atoms. The van der Waals surface area contributed by atoms with Crippen molar-refractivity contribution in [3.05, 3.63) is 0 Å². The minimum atomic E-state index is -0.121. The van der Waals surface area contributed by atoms with Crippen LogP contribution in [0.5, 0.6) is 0 Å². The molecule has 0 aromatic carbocycles. The molecule has 0 aromatic rings. The van der Waals surface area contributed by atoms with Gasteiger partial charge in [0, 0.05) is 23.0 Å². The third-order valence-corrected chi connectivity index (χ3v) is 3.53. The van der Waals surface area contributed by atoms with Gasteiger partial charge in [-0.1, -0.05) is 13.8 Å². The van der Waals surface area contributed by atoms with Crippen LogP contribution in [0.25, 0.3) is 0 Å². The highest BCUT2D eigenvalue weighted by Gasteiger charge is 2.19. The molecule has 0 rings (SSSR count). The molecular weight excluding hydrogens is 186 g/mol. The summed E-state index contributed by atoms with van der Waals surface area (Å²) in [6.45, 7) is 5.82. The zero-order valence-corrected chi connectivity index (χ0v) is 9.23. The monoisotopic (exact) mass is 205 g/mol. The Morgan fingerprint density at radius 1 is 1.46 bits per heavy atom. The van der Waals surface area contributed by atoms with E-state index in [2.05, 4.69) is 5.43 Å². The number of rotatable bonds is 5. The van der Waals surface area contributed by atoms with Crippen LogP contribution in [-0.4, -0.2) is 23.0 Å². The van der Waals surface area contributed by atoms with Crippen molar-refractivity contribution in [3.8, 4) is 0 Å². The molecule has 0 aliphatic heterocycles. The molecule has 0 saturated heterocycles. The molecular formula is C8H19N3OS. The van der Waals surface area contributed by atoms with E-state index in [1.54, 1.807) is 11.8 Å². The van der Waals surface area contributed by atoms with E-state index < -0.39 is 0 Å². The third-order valence-electron chi connectivity index (χ3n) is 1.88. The summed E-state index contributed by atoms with van der Waals surface area (Å²) in [7, 11) is 0. The smallest absolute Gasteiger partial charge is 0.237 e. The quantitative estimate of drug-likeness (QED) is 0.337. The Hall–Kier alpha value is -0.260. The van der Waals surface area contributed by atoms with Crippen LogP contribution >= 0.6 is 11.8 Å². The van der Waals surface area contributed by atoms with Crippen LogP contribution in [0.3, 0.4) is 0 Å². The van der Waals surface area contributed by atoms with Gasteiger partial charge in [-0.3, -0.25) is 10.2 Å². The van der Waals surface area contributed by atoms with Gasteiger partial charge >= 0.3 is 0 Å². The first-order valence-electron chi connectivity index (χ1n) is 4.36. The summed E-state index contributed by atoms with van der Waals surface area (Å²) in [5, 5.41) is 0.245. The second-order valence-electron chi connectivity index (χ2n) is 3.31. The Bertz CT molecular complexity index is 163. The summed E-state index contributed by atoms with van der Waals surface area (Å²) in [5.41, 5.74) is 7.75. The van der Waals surface area contributed by atoms with Crippen molar-refractivity contribution in [2.24, 2.45) is 17.5 Å². The fraction of sp³-hybridized carbons (Fsp3) is 0.875. The number of amides is 1. The first kappa shape index (κ1) is 12.7. The maximum Gasteiger partial charge on any atom is 0.237 e. The van der Waals surface area contributed by atoms with E-state index in [1.807, 2.05) is 20.8 Å². The van der Waals surface area contributed by atoms with Gasteiger partial charge in [0.15, 0.2) is 0 Å². The van der Waals surface area contributed by atoms with Crippen LogP contribution in [0.4, 0.5) is 0 Å². The molecule has 4 nitrogen and oxygen atoms in total. The van der Waals surface area contributed by atoms with Gasteiger partial charge in [0.25, 0.3) is 0 Å². The molecule has 3 unspecified atom stereocenters. The normalized spacial score (nSPS) is 17.6. The molecule has 0 heterocycles. The predicted molar refractivity (Wildman–Crippen MR) is 57.1 cm³/mol. The molecule has 5 N–H and O–H groups in total. The fourth-order valence-corrected chi connectivity index (χ4v) is 1.81. The van der Waals surface area contributed by atoms with Crippen LogP contribution in [0, 0.1) is 5.92 Å². The van der Waals surface area contributed by atoms with Crippen LogP contribution in [0.1, 0.15) is 20.8 Å². The topological polar surface area (TPSA) is 81.1 Å². The standard InChI is InChI=1S/C8H19N3OS/c1-5(9)4-13-7(3)6(2)8(12)11-10/h5-7H,4,9-10H2,1-3H3,(H,11,12). The van der Waals surface area contributed by atoms with Gasteiger partial charge in [0.2, 0.25) is 5.91 Å². The largest absolute Gasteiger partial charge is 0.327 e. The lowest BCUT2D eigenvalue weighted by Crippen LogP contribution is -2.38. The summed E-state index contributed by atoms with van der Waals surface area (Å²) in [6, 6.07) is 0.167.